The van der Waals surface area contributed by atoms with Crippen LogP contribution in [0.1, 0.15) is 10.5 Å². The maximum atomic E-state index is 13.5. The van der Waals surface area contributed by atoms with E-state index >= 15 is 0 Å². The standard InChI is InChI=1S/C12H7ClFNO3/c13-7-1-2-11(9(14)5-7)18-8-3-4-15-10(6-8)12(16)17/h1-6H,(H,16,17). The second kappa shape index (κ2) is 5.01. The Labute approximate surface area is 107 Å². The molecule has 0 aliphatic heterocycles. The molecule has 1 aromatic heterocycles. The normalized spacial score (nSPS) is 10.1. The Bertz CT molecular complexity index is 604. The van der Waals surface area contributed by atoms with E-state index in [9.17, 15) is 9.18 Å². The molecule has 92 valence electrons. The molecule has 2 rings (SSSR count). The highest BCUT2D eigenvalue weighted by Gasteiger charge is 2.09. The van der Waals surface area contributed by atoms with Crippen LogP contribution in [-0.4, -0.2) is 16.1 Å². The van der Waals surface area contributed by atoms with Gasteiger partial charge in [0, 0.05) is 17.3 Å². The highest BCUT2D eigenvalue weighted by molar-refractivity contribution is 6.30. The first-order chi connectivity index (χ1) is 8.56. The molecule has 0 unspecified atom stereocenters. The molecule has 0 bridgehead atoms. The molecule has 0 atom stereocenters. The first kappa shape index (κ1) is 12.3. The summed E-state index contributed by atoms with van der Waals surface area (Å²) in [5, 5.41) is 9.01. The maximum absolute atomic E-state index is 13.5. The van der Waals surface area contributed by atoms with Crippen LogP contribution in [0.25, 0.3) is 0 Å². The second-order valence-electron chi connectivity index (χ2n) is 3.36. The average molecular weight is 268 g/mol. The van der Waals surface area contributed by atoms with Gasteiger partial charge in [-0.1, -0.05) is 11.6 Å². The average Bonchev–Trinajstić information content (AvgIpc) is 2.33. The van der Waals surface area contributed by atoms with Crippen LogP contribution in [-0.2, 0) is 0 Å². The number of carboxylic acid groups (broad SMARTS) is 1. The van der Waals surface area contributed by atoms with E-state index < -0.39 is 11.8 Å². The number of benzene rings is 1. The van der Waals surface area contributed by atoms with Crippen molar-refractivity contribution >= 4 is 17.6 Å². The maximum Gasteiger partial charge on any atom is 0.354 e. The summed E-state index contributed by atoms with van der Waals surface area (Å²) in [5.41, 5.74) is -0.179. The molecule has 0 saturated carbocycles. The van der Waals surface area contributed by atoms with Crippen molar-refractivity contribution in [2.45, 2.75) is 0 Å². The van der Waals surface area contributed by atoms with E-state index in [2.05, 4.69) is 4.98 Å². The van der Waals surface area contributed by atoms with Crippen LogP contribution in [0.2, 0.25) is 5.02 Å². The summed E-state index contributed by atoms with van der Waals surface area (Å²) in [6, 6.07) is 6.57. The number of aromatic nitrogens is 1. The fourth-order valence-corrected chi connectivity index (χ4v) is 1.44. The number of rotatable bonds is 3. The van der Waals surface area contributed by atoms with Crippen molar-refractivity contribution in [1.82, 2.24) is 4.98 Å². The van der Waals surface area contributed by atoms with Gasteiger partial charge in [-0.25, -0.2) is 14.2 Å². The Hall–Kier alpha value is -2.14. The van der Waals surface area contributed by atoms with E-state index in [-0.39, 0.29) is 22.2 Å². The number of ether oxygens (including phenoxy) is 1. The van der Waals surface area contributed by atoms with Crippen LogP contribution < -0.4 is 4.74 Å². The van der Waals surface area contributed by atoms with Gasteiger partial charge in [-0.15, -0.1) is 0 Å². The van der Waals surface area contributed by atoms with Crippen LogP contribution in [0.15, 0.2) is 36.5 Å². The molecule has 18 heavy (non-hydrogen) atoms. The molecule has 6 heteroatoms. The second-order valence-corrected chi connectivity index (χ2v) is 3.80. The first-order valence-electron chi connectivity index (χ1n) is 4.88. The number of carboxylic acids is 1. The van der Waals surface area contributed by atoms with Crippen molar-refractivity contribution in [2.75, 3.05) is 0 Å². The molecule has 1 N–H and O–H groups in total. The van der Waals surface area contributed by atoms with E-state index in [1.807, 2.05) is 0 Å². The molecular formula is C12H7ClFNO3. The topological polar surface area (TPSA) is 59.4 Å². The van der Waals surface area contributed by atoms with E-state index in [1.165, 1.54) is 30.5 Å². The molecule has 0 aliphatic carbocycles. The first-order valence-corrected chi connectivity index (χ1v) is 5.26. The molecule has 1 heterocycles. The zero-order valence-corrected chi connectivity index (χ0v) is 9.69. The van der Waals surface area contributed by atoms with Crippen LogP contribution in [0.3, 0.4) is 0 Å². The summed E-state index contributed by atoms with van der Waals surface area (Å²) < 4.78 is 18.7. The number of halogens is 2. The predicted molar refractivity (Wildman–Crippen MR) is 62.7 cm³/mol. The molecule has 0 radical (unpaired) electrons. The van der Waals surface area contributed by atoms with Gasteiger partial charge in [0.15, 0.2) is 17.3 Å². The fourth-order valence-electron chi connectivity index (χ4n) is 1.28. The van der Waals surface area contributed by atoms with Gasteiger partial charge in [-0.3, -0.25) is 0 Å². The van der Waals surface area contributed by atoms with Gasteiger partial charge in [0.2, 0.25) is 0 Å². The monoisotopic (exact) mass is 267 g/mol. The molecule has 0 aliphatic rings. The van der Waals surface area contributed by atoms with E-state index in [4.69, 9.17) is 21.4 Å². The molecule has 2 aromatic rings. The number of pyridine rings is 1. The van der Waals surface area contributed by atoms with Crippen molar-refractivity contribution in [3.63, 3.8) is 0 Å². The number of hydrogen-bond donors (Lipinski definition) is 1. The highest BCUT2D eigenvalue weighted by atomic mass is 35.5. The lowest BCUT2D eigenvalue weighted by atomic mass is 10.3. The van der Waals surface area contributed by atoms with Gasteiger partial charge in [0.05, 0.1) is 0 Å². The van der Waals surface area contributed by atoms with Crippen molar-refractivity contribution in [1.29, 1.82) is 0 Å². The third kappa shape index (κ3) is 2.75. The van der Waals surface area contributed by atoms with Gasteiger partial charge < -0.3 is 9.84 Å². The summed E-state index contributed by atoms with van der Waals surface area (Å²) in [6.07, 6.45) is 1.27. The van der Waals surface area contributed by atoms with Crippen molar-refractivity contribution < 1.29 is 19.0 Å². The Morgan fingerprint density at radius 2 is 2.11 bits per heavy atom. The SMILES string of the molecule is O=C(O)c1cc(Oc2ccc(Cl)cc2F)ccn1. The number of aromatic carboxylic acids is 1. The third-order valence-corrected chi connectivity index (χ3v) is 2.31. The molecule has 0 fully saturated rings. The smallest absolute Gasteiger partial charge is 0.354 e. The molecule has 0 saturated heterocycles. The third-order valence-electron chi connectivity index (χ3n) is 2.07. The van der Waals surface area contributed by atoms with E-state index in [0.29, 0.717) is 0 Å². The summed E-state index contributed by atoms with van der Waals surface area (Å²) in [6.45, 7) is 0. The van der Waals surface area contributed by atoms with Gasteiger partial charge in [0.25, 0.3) is 0 Å². The molecule has 1 aromatic carbocycles. The summed E-state index contributed by atoms with van der Waals surface area (Å²) >= 11 is 5.60. The Morgan fingerprint density at radius 3 is 2.78 bits per heavy atom. The van der Waals surface area contributed by atoms with Crippen molar-refractivity contribution in [3.8, 4) is 11.5 Å². The largest absolute Gasteiger partial charge is 0.477 e. The summed E-state index contributed by atoms with van der Waals surface area (Å²) in [5.74, 6) is -1.67. The van der Waals surface area contributed by atoms with E-state index in [1.54, 1.807) is 0 Å². The lowest BCUT2D eigenvalue weighted by molar-refractivity contribution is 0.0690. The molecule has 4 nitrogen and oxygen atoms in total. The zero-order chi connectivity index (χ0) is 13.1. The van der Waals surface area contributed by atoms with Crippen molar-refractivity contribution in [2.24, 2.45) is 0 Å². The van der Waals surface area contributed by atoms with Gasteiger partial charge in [-0.05, 0) is 24.3 Å². The highest BCUT2D eigenvalue weighted by Crippen LogP contribution is 2.26. The minimum Gasteiger partial charge on any atom is -0.477 e. The fraction of sp³-hybridized carbons (Fsp3) is 0. The Balaban J connectivity index is 2.28. The lowest BCUT2D eigenvalue weighted by Crippen LogP contribution is -2.00. The van der Waals surface area contributed by atoms with Crippen molar-refractivity contribution in [3.05, 3.63) is 53.1 Å². The van der Waals surface area contributed by atoms with Crippen LogP contribution in [0, 0.1) is 5.82 Å². The molecule has 0 spiro atoms. The van der Waals surface area contributed by atoms with Gasteiger partial charge in [0.1, 0.15) is 5.75 Å². The Morgan fingerprint density at radius 1 is 1.33 bits per heavy atom. The number of hydrogen-bond acceptors (Lipinski definition) is 3. The van der Waals surface area contributed by atoms with Crippen LogP contribution in [0.5, 0.6) is 11.5 Å². The van der Waals surface area contributed by atoms with Gasteiger partial charge in [-0.2, -0.15) is 0 Å². The zero-order valence-electron chi connectivity index (χ0n) is 8.93. The minimum absolute atomic E-state index is 0.0399. The molecule has 0 amide bonds. The van der Waals surface area contributed by atoms with Crippen LogP contribution in [0.4, 0.5) is 4.39 Å². The number of nitrogens with zero attached hydrogens (tertiary/aromatic N) is 1. The van der Waals surface area contributed by atoms with Gasteiger partial charge >= 0.3 is 5.97 Å². The number of carbonyl (C=O) groups is 1. The minimum atomic E-state index is -1.18. The summed E-state index contributed by atoms with van der Waals surface area (Å²) in [4.78, 5) is 14.3. The molecular weight excluding hydrogens is 261 g/mol. The summed E-state index contributed by atoms with van der Waals surface area (Å²) in [7, 11) is 0. The predicted octanol–water partition coefficient (Wildman–Crippen LogP) is 3.36. The van der Waals surface area contributed by atoms with E-state index in [0.717, 1.165) is 6.07 Å². The Kier molecular flexibility index (Phi) is 3.43. The quantitative estimate of drug-likeness (QED) is 0.926. The van der Waals surface area contributed by atoms with Crippen LogP contribution >= 0.6 is 11.6 Å². The lowest BCUT2D eigenvalue weighted by Gasteiger charge is -2.07.